The molecule has 0 spiro atoms. The maximum Gasteiger partial charge on any atom is 0.335 e. The molecule has 2 N–H and O–H groups in total. The smallest absolute Gasteiger partial charge is 0.335 e. The zero-order valence-electron chi connectivity index (χ0n) is 17.9. The zero-order chi connectivity index (χ0) is 24.0. The van der Waals surface area contributed by atoms with Crippen LogP contribution in [0.5, 0.6) is 0 Å². The van der Waals surface area contributed by atoms with E-state index in [0.717, 1.165) is 33.7 Å². The summed E-state index contributed by atoms with van der Waals surface area (Å²) >= 11 is 8.88. The van der Waals surface area contributed by atoms with Gasteiger partial charge in [-0.3, -0.25) is 4.72 Å². The number of carboxylic acids is 1. The third-order valence-corrected chi connectivity index (χ3v) is 9.12. The van der Waals surface area contributed by atoms with E-state index in [2.05, 4.69) is 9.10 Å². The number of hydrogen-bond donors (Lipinski definition) is 2. The maximum atomic E-state index is 13.6. The lowest BCUT2D eigenvalue weighted by atomic mass is 10.0. The molecule has 0 bridgehead atoms. The average molecular weight is 531 g/mol. The van der Waals surface area contributed by atoms with Gasteiger partial charge in [-0.05, 0) is 78.7 Å². The van der Waals surface area contributed by atoms with E-state index in [1.165, 1.54) is 35.0 Å². The molecule has 174 valence electrons. The van der Waals surface area contributed by atoms with Crippen molar-refractivity contribution in [3.05, 3.63) is 75.1 Å². The lowest BCUT2D eigenvalue weighted by molar-refractivity contribution is 0.0696. The number of sulfonamides is 1. The van der Waals surface area contributed by atoms with E-state index in [1.807, 2.05) is 25.1 Å². The van der Waals surface area contributed by atoms with E-state index >= 15 is 0 Å². The second kappa shape index (κ2) is 8.81. The number of aromatic nitrogens is 1. The molecule has 0 amide bonds. The van der Waals surface area contributed by atoms with Crippen molar-refractivity contribution < 1.29 is 18.3 Å². The van der Waals surface area contributed by atoms with Crippen LogP contribution in [0.1, 0.15) is 39.6 Å². The monoisotopic (exact) mass is 530 g/mol. The van der Waals surface area contributed by atoms with E-state index in [-0.39, 0.29) is 16.4 Å². The first kappa shape index (κ1) is 23.0. The lowest BCUT2D eigenvalue weighted by Crippen LogP contribution is -2.16. The van der Waals surface area contributed by atoms with Gasteiger partial charge in [0.25, 0.3) is 10.0 Å². The summed E-state index contributed by atoms with van der Waals surface area (Å²) in [5.41, 5.74) is 3.41. The Kier molecular flexibility index (Phi) is 5.97. The fraction of sp³-hybridized carbons (Fsp3) is 0.167. The second-order valence-electron chi connectivity index (χ2n) is 8.10. The molecular weight excluding hydrogens is 512 g/mol. The summed E-state index contributed by atoms with van der Waals surface area (Å²) in [7, 11) is -4.08. The summed E-state index contributed by atoms with van der Waals surface area (Å²) < 4.78 is 34.9. The van der Waals surface area contributed by atoms with Gasteiger partial charge in [-0.1, -0.05) is 29.8 Å². The van der Waals surface area contributed by atoms with E-state index in [1.54, 1.807) is 24.4 Å². The Morgan fingerprint density at radius 1 is 1.12 bits per heavy atom. The number of aryl methyl sites for hydroxylation is 1. The number of carboxylic acid groups (broad SMARTS) is 1. The van der Waals surface area contributed by atoms with Gasteiger partial charge in [0.05, 0.1) is 20.5 Å². The molecule has 1 aliphatic carbocycles. The number of rotatable bonds is 7. The number of nitrogens with one attached hydrogen (secondary N) is 1. The highest BCUT2D eigenvalue weighted by atomic mass is 35.5. The van der Waals surface area contributed by atoms with Crippen LogP contribution in [0, 0.1) is 6.92 Å². The summed E-state index contributed by atoms with van der Waals surface area (Å²) in [6, 6.07) is 13.5. The minimum absolute atomic E-state index is 0.00356. The van der Waals surface area contributed by atoms with Crippen LogP contribution >= 0.6 is 34.5 Å². The van der Waals surface area contributed by atoms with Crippen molar-refractivity contribution in [2.45, 2.75) is 30.6 Å². The van der Waals surface area contributed by atoms with Crippen molar-refractivity contribution in [1.82, 2.24) is 4.37 Å². The molecule has 34 heavy (non-hydrogen) atoms. The minimum atomic E-state index is -4.08. The number of thiophene rings is 1. The number of aromatic carboxylic acids is 1. The van der Waals surface area contributed by atoms with Gasteiger partial charge in [-0.25, -0.2) is 17.6 Å². The van der Waals surface area contributed by atoms with E-state index in [4.69, 9.17) is 11.6 Å². The standard InChI is InChI=1S/C24H19ClN2O4S3/c1-13-19(12-26-33-13)15-4-7-18(21-8-9-23(25)32-21)20(10-15)27-34(30,31)22-11-16(24(28)29)5-6-17(22)14-2-3-14/h4-12,14,27H,2-3H2,1H3,(H,28,29). The van der Waals surface area contributed by atoms with Crippen LogP contribution in [-0.4, -0.2) is 23.9 Å². The van der Waals surface area contributed by atoms with Crippen molar-refractivity contribution in [3.63, 3.8) is 0 Å². The highest BCUT2D eigenvalue weighted by molar-refractivity contribution is 7.92. The van der Waals surface area contributed by atoms with Crippen molar-refractivity contribution in [2.75, 3.05) is 4.72 Å². The summed E-state index contributed by atoms with van der Waals surface area (Å²) in [5, 5.41) is 9.44. The molecule has 5 rings (SSSR count). The van der Waals surface area contributed by atoms with Crippen molar-refractivity contribution in [3.8, 4) is 21.6 Å². The van der Waals surface area contributed by atoms with Crippen LogP contribution < -0.4 is 4.72 Å². The molecule has 0 aliphatic heterocycles. The summed E-state index contributed by atoms with van der Waals surface area (Å²) in [4.78, 5) is 13.4. The fourth-order valence-electron chi connectivity index (χ4n) is 3.88. The Hall–Kier alpha value is -2.72. The molecule has 2 heterocycles. The molecule has 0 atom stereocenters. The van der Waals surface area contributed by atoms with Gasteiger partial charge in [0.15, 0.2) is 0 Å². The first-order chi connectivity index (χ1) is 16.2. The Balaban J connectivity index is 1.64. The quantitative estimate of drug-likeness (QED) is 0.271. The SMILES string of the molecule is Cc1sncc1-c1ccc(-c2ccc(Cl)s2)c(NS(=O)(=O)c2cc(C(=O)O)ccc2C2CC2)c1. The highest BCUT2D eigenvalue weighted by Gasteiger charge is 2.31. The van der Waals surface area contributed by atoms with Crippen LogP contribution in [0.4, 0.5) is 5.69 Å². The van der Waals surface area contributed by atoms with Crippen molar-refractivity contribution in [1.29, 1.82) is 0 Å². The van der Waals surface area contributed by atoms with Gasteiger partial charge in [0.2, 0.25) is 0 Å². The number of halogens is 1. The molecule has 2 aromatic carbocycles. The number of hydrogen-bond acceptors (Lipinski definition) is 6. The van der Waals surface area contributed by atoms with Crippen molar-refractivity contribution in [2.24, 2.45) is 0 Å². The second-order valence-corrected chi connectivity index (χ2v) is 12.5. The Morgan fingerprint density at radius 3 is 2.53 bits per heavy atom. The molecule has 0 radical (unpaired) electrons. The van der Waals surface area contributed by atoms with E-state index in [9.17, 15) is 18.3 Å². The summed E-state index contributed by atoms with van der Waals surface area (Å²) in [6.07, 6.45) is 3.53. The fourth-order valence-corrected chi connectivity index (χ4v) is 6.94. The highest BCUT2D eigenvalue weighted by Crippen LogP contribution is 2.44. The predicted octanol–water partition coefficient (Wildman–Crippen LogP) is 6.88. The number of nitrogens with zero attached hydrogens (tertiary/aromatic N) is 1. The normalized spacial score (nSPS) is 13.7. The number of carbonyl (C=O) groups is 1. The number of benzene rings is 2. The Labute approximate surface area is 210 Å². The molecule has 2 aromatic heterocycles. The average Bonchev–Trinajstić information content (AvgIpc) is 3.42. The van der Waals surface area contributed by atoms with Gasteiger partial charge < -0.3 is 5.11 Å². The number of anilines is 1. The van der Waals surface area contributed by atoms with Crippen LogP contribution in [0.15, 0.2) is 59.6 Å². The van der Waals surface area contributed by atoms with Crippen molar-refractivity contribution >= 4 is 56.2 Å². The zero-order valence-corrected chi connectivity index (χ0v) is 21.1. The van der Waals surface area contributed by atoms with Gasteiger partial charge in [-0.15, -0.1) is 11.3 Å². The summed E-state index contributed by atoms with van der Waals surface area (Å²) in [6.45, 7) is 1.96. The van der Waals surface area contributed by atoms with E-state index in [0.29, 0.717) is 21.2 Å². The predicted molar refractivity (Wildman–Crippen MR) is 137 cm³/mol. The van der Waals surface area contributed by atoms with Gasteiger partial charge >= 0.3 is 5.97 Å². The third-order valence-electron chi connectivity index (χ3n) is 5.73. The molecule has 1 aliphatic rings. The van der Waals surface area contributed by atoms with Crippen LogP contribution in [-0.2, 0) is 10.0 Å². The summed E-state index contributed by atoms with van der Waals surface area (Å²) in [5.74, 6) is -1.05. The maximum absolute atomic E-state index is 13.6. The van der Waals surface area contributed by atoms with Gasteiger partial charge in [0, 0.05) is 27.1 Å². The molecule has 10 heteroatoms. The largest absolute Gasteiger partial charge is 0.478 e. The molecule has 6 nitrogen and oxygen atoms in total. The van der Waals surface area contributed by atoms with Crippen LogP contribution in [0.25, 0.3) is 21.6 Å². The van der Waals surface area contributed by atoms with E-state index < -0.39 is 16.0 Å². The molecule has 0 unspecified atom stereocenters. The topological polar surface area (TPSA) is 96.4 Å². The van der Waals surface area contributed by atoms with Crippen LogP contribution in [0.2, 0.25) is 4.34 Å². The third kappa shape index (κ3) is 4.48. The molecular formula is C24H19ClN2O4S3. The molecule has 0 saturated heterocycles. The van der Waals surface area contributed by atoms with Crippen LogP contribution in [0.3, 0.4) is 0 Å². The Morgan fingerprint density at radius 2 is 1.91 bits per heavy atom. The first-order valence-electron chi connectivity index (χ1n) is 10.4. The van der Waals surface area contributed by atoms with Gasteiger partial charge in [-0.2, -0.15) is 0 Å². The molecule has 1 fully saturated rings. The first-order valence-corrected chi connectivity index (χ1v) is 13.9. The minimum Gasteiger partial charge on any atom is -0.478 e. The Bertz CT molecular complexity index is 1520. The lowest BCUT2D eigenvalue weighted by Gasteiger charge is -2.16. The van der Waals surface area contributed by atoms with Gasteiger partial charge in [0.1, 0.15) is 0 Å². The molecule has 1 saturated carbocycles. The molecule has 4 aromatic rings.